The maximum Gasteiger partial charge on any atom is 0.271 e. The van der Waals surface area contributed by atoms with Crippen molar-refractivity contribution in [2.24, 2.45) is 0 Å². The van der Waals surface area contributed by atoms with E-state index in [2.05, 4.69) is 20.6 Å². The smallest absolute Gasteiger partial charge is 0.271 e. The summed E-state index contributed by atoms with van der Waals surface area (Å²) in [6.45, 7) is 6.93. The first-order chi connectivity index (χ1) is 13.3. The van der Waals surface area contributed by atoms with Crippen molar-refractivity contribution >= 4 is 40.7 Å². The molecule has 3 aromatic rings. The molecule has 0 fully saturated rings. The zero-order valence-corrected chi connectivity index (χ0v) is 18.0. The van der Waals surface area contributed by atoms with Crippen LogP contribution in [-0.4, -0.2) is 41.8 Å². The van der Waals surface area contributed by atoms with Gasteiger partial charge in [-0.05, 0) is 33.3 Å². The molecule has 1 amide bonds. The summed E-state index contributed by atoms with van der Waals surface area (Å²) >= 11 is 18.3. The Morgan fingerprint density at radius 2 is 1.71 bits per heavy atom. The lowest BCUT2D eigenvalue weighted by atomic mass is 10.3. The molecule has 8 nitrogen and oxygen atoms in total. The van der Waals surface area contributed by atoms with Gasteiger partial charge in [-0.3, -0.25) is 14.2 Å². The average Bonchev–Trinajstić information content (AvgIpc) is 3.30. The number of nitrogens with one attached hydrogen (secondary N) is 1. The summed E-state index contributed by atoms with van der Waals surface area (Å²) in [5.41, 5.74) is 2.64. The molecule has 0 saturated carbocycles. The Morgan fingerprint density at radius 1 is 1.04 bits per heavy atom. The minimum Gasteiger partial charge on any atom is -0.351 e. The summed E-state index contributed by atoms with van der Waals surface area (Å²) in [4.78, 5) is 12.3. The fourth-order valence-corrected chi connectivity index (χ4v) is 3.24. The number of aromatic nitrogens is 6. The second-order valence-electron chi connectivity index (χ2n) is 6.39. The zero-order valence-electron chi connectivity index (χ0n) is 15.7. The third-order valence-corrected chi connectivity index (χ3v) is 5.75. The Labute approximate surface area is 177 Å². The predicted octanol–water partition coefficient (Wildman–Crippen LogP) is 3.49. The molecule has 1 N–H and O–H groups in total. The highest BCUT2D eigenvalue weighted by Crippen LogP contribution is 2.24. The lowest BCUT2D eigenvalue weighted by Gasteiger charge is -2.06. The molecule has 0 unspecified atom stereocenters. The molecular weight excluding hydrogens is 425 g/mol. The van der Waals surface area contributed by atoms with Gasteiger partial charge in [-0.25, -0.2) is 4.68 Å². The van der Waals surface area contributed by atoms with E-state index in [1.807, 2.05) is 13.8 Å². The maximum absolute atomic E-state index is 12.3. The SMILES string of the molecule is Cc1nn(Cn2ccc(C(=O)NCCCn3nc(C)c(Cl)c3Cl)n2)c(C)c1Cl. The van der Waals surface area contributed by atoms with Gasteiger partial charge in [0.1, 0.15) is 22.5 Å². The van der Waals surface area contributed by atoms with Crippen molar-refractivity contribution in [3.8, 4) is 0 Å². The normalized spacial score (nSPS) is 11.2. The quantitative estimate of drug-likeness (QED) is 0.566. The third-order valence-electron chi connectivity index (χ3n) is 4.27. The first kappa shape index (κ1) is 20.7. The van der Waals surface area contributed by atoms with Crippen molar-refractivity contribution in [3.63, 3.8) is 0 Å². The molecule has 3 aromatic heterocycles. The van der Waals surface area contributed by atoms with Gasteiger partial charge in [-0.2, -0.15) is 15.3 Å². The van der Waals surface area contributed by atoms with Crippen molar-refractivity contribution in [2.45, 2.75) is 40.4 Å². The minimum atomic E-state index is -0.245. The van der Waals surface area contributed by atoms with Crippen molar-refractivity contribution < 1.29 is 4.79 Å². The van der Waals surface area contributed by atoms with Gasteiger partial charge in [0.15, 0.2) is 0 Å². The Bertz CT molecular complexity index is 1000. The van der Waals surface area contributed by atoms with Gasteiger partial charge in [0.05, 0.1) is 22.1 Å². The Balaban J connectivity index is 1.51. The summed E-state index contributed by atoms with van der Waals surface area (Å²) in [6, 6.07) is 1.66. The summed E-state index contributed by atoms with van der Waals surface area (Å²) in [5, 5.41) is 17.2. The summed E-state index contributed by atoms with van der Waals surface area (Å²) in [7, 11) is 0. The Hall–Kier alpha value is -2.03. The van der Waals surface area contributed by atoms with E-state index in [-0.39, 0.29) is 5.91 Å². The number of halogens is 3. The van der Waals surface area contributed by atoms with Crippen LogP contribution in [0.15, 0.2) is 12.3 Å². The Kier molecular flexibility index (Phi) is 6.32. The first-order valence-electron chi connectivity index (χ1n) is 8.67. The van der Waals surface area contributed by atoms with Crippen LogP contribution in [0.5, 0.6) is 0 Å². The van der Waals surface area contributed by atoms with E-state index >= 15 is 0 Å². The summed E-state index contributed by atoms with van der Waals surface area (Å²) in [5.74, 6) is -0.245. The molecule has 0 bridgehead atoms. The molecule has 0 spiro atoms. The second kappa shape index (κ2) is 8.55. The molecule has 3 rings (SSSR count). The number of carbonyl (C=O) groups excluding carboxylic acids is 1. The van der Waals surface area contributed by atoms with E-state index in [4.69, 9.17) is 34.8 Å². The van der Waals surface area contributed by atoms with Crippen LogP contribution < -0.4 is 5.32 Å². The highest BCUT2D eigenvalue weighted by Gasteiger charge is 2.13. The lowest BCUT2D eigenvalue weighted by Crippen LogP contribution is -2.26. The molecule has 11 heteroatoms. The summed E-state index contributed by atoms with van der Waals surface area (Å²) in [6.07, 6.45) is 2.39. The number of amides is 1. The van der Waals surface area contributed by atoms with Gasteiger partial charge < -0.3 is 5.32 Å². The molecule has 28 heavy (non-hydrogen) atoms. The molecule has 0 aromatic carbocycles. The second-order valence-corrected chi connectivity index (χ2v) is 7.50. The van der Waals surface area contributed by atoms with E-state index in [9.17, 15) is 4.79 Å². The molecular formula is C17H20Cl3N7O. The lowest BCUT2D eigenvalue weighted by molar-refractivity contribution is 0.0946. The molecule has 0 aliphatic carbocycles. The number of nitrogens with zero attached hydrogens (tertiary/aromatic N) is 6. The van der Waals surface area contributed by atoms with Crippen LogP contribution >= 0.6 is 34.8 Å². The van der Waals surface area contributed by atoms with Crippen LogP contribution in [0.25, 0.3) is 0 Å². The van der Waals surface area contributed by atoms with Gasteiger partial charge in [0.2, 0.25) is 0 Å². The van der Waals surface area contributed by atoms with E-state index < -0.39 is 0 Å². The highest BCUT2D eigenvalue weighted by atomic mass is 35.5. The predicted molar refractivity (Wildman–Crippen MR) is 108 cm³/mol. The van der Waals surface area contributed by atoms with Crippen LogP contribution in [0.2, 0.25) is 15.2 Å². The van der Waals surface area contributed by atoms with Crippen LogP contribution in [0, 0.1) is 20.8 Å². The molecule has 0 aliphatic rings. The third kappa shape index (κ3) is 4.34. The van der Waals surface area contributed by atoms with Crippen molar-refractivity contribution in [3.05, 3.63) is 50.2 Å². The van der Waals surface area contributed by atoms with Gasteiger partial charge >= 0.3 is 0 Å². The molecule has 150 valence electrons. The number of carbonyl (C=O) groups is 1. The van der Waals surface area contributed by atoms with Gasteiger partial charge in [0.25, 0.3) is 5.91 Å². The molecule has 0 saturated heterocycles. The van der Waals surface area contributed by atoms with E-state index in [0.29, 0.717) is 52.8 Å². The largest absolute Gasteiger partial charge is 0.351 e. The fourth-order valence-electron chi connectivity index (χ4n) is 2.71. The number of hydrogen-bond acceptors (Lipinski definition) is 4. The van der Waals surface area contributed by atoms with E-state index in [1.165, 1.54) is 0 Å². The Morgan fingerprint density at radius 3 is 2.32 bits per heavy atom. The topological polar surface area (TPSA) is 82.6 Å². The highest BCUT2D eigenvalue weighted by molar-refractivity contribution is 6.41. The number of aryl methyl sites for hydroxylation is 3. The van der Waals surface area contributed by atoms with Crippen LogP contribution in [-0.2, 0) is 13.2 Å². The van der Waals surface area contributed by atoms with Crippen LogP contribution in [0.1, 0.15) is 34.0 Å². The summed E-state index contributed by atoms with van der Waals surface area (Å²) < 4.78 is 5.01. The maximum atomic E-state index is 12.3. The molecule has 0 aliphatic heterocycles. The zero-order chi connectivity index (χ0) is 20.4. The van der Waals surface area contributed by atoms with Crippen LogP contribution in [0.4, 0.5) is 0 Å². The van der Waals surface area contributed by atoms with Crippen molar-refractivity contribution in [2.75, 3.05) is 6.54 Å². The molecule has 0 atom stereocenters. The first-order valence-corrected chi connectivity index (χ1v) is 9.81. The number of hydrogen-bond donors (Lipinski definition) is 1. The van der Waals surface area contributed by atoms with E-state index in [0.717, 1.165) is 11.4 Å². The average molecular weight is 445 g/mol. The van der Waals surface area contributed by atoms with Gasteiger partial charge in [-0.15, -0.1) is 0 Å². The standard InChI is InChI=1S/C17H20Cl3N7O/c1-10-14(18)12(3)27(23-10)9-25-8-5-13(24-25)17(28)21-6-4-7-26-16(20)15(19)11(2)22-26/h5,8H,4,6-7,9H2,1-3H3,(H,21,28). The molecule has 3 heterocycles. The van der Waals surface area contributed by atoms with Gasteiger partial charge in [0, 0.05) is 19.3 Å². The number of rotatable bonds is 7. The fraction of sp³-hybridized carbons (Fsp3) is 0.412. The van der Waals surface area contributed by atoms with Crippen molar-refractivity contribution in [1.82, 2.24) is 34.7 Å². The monoisotopic (exact) mass is 443 g/mol. The van der Waals surface area contributed by atoms with Gasteiger partial charge in [-0.1, -0.05) is 34.8 Å². The van der Waals surface area contributed by atoms with E-state index in [1.54, 1.807) is 33.2 Å². The van der Waals surface area contributed by atoms with Crippen LogP contribution in [0.3, 0.4) is 0 Å². The minimum absolute atomic E-state index is 0.245. The molecule has 0 radical (unpaired) electrons. The van der Waals surface area contributed by atoms with Crippen molar-refractivity contribution in [1.29, 1.82) is 0 Å².